The molecule has 0 radical (unpaired) electrons. The van der Waals surface area contributed by atoms with E-state index >= 15 is 0 Å². The van der Waals surface area contributed by atoms with E-state index in [1.165, 1.54) is 4.68 Å². The van der Waals surface area contributed by atoms with Crippen molar-refractivity contribution in [2.75, 3.05) is 52.5 Å². The van der Waals surface area contributed by atoms with Crippen LogP contribution in [0.25, 0.3) is 0 Å². The molecule has 0 aliphatic carbocycles. The Labute approximate surface area is 141 Å². The van der Waals surface area contributed by atoms with Crippen molar-refractivity contribution >= 4 is 5.91 Å². The van der Waals surface area contributed by atoms with Crippen LogP contribution in [-0.4, -0.2) is 93.6 Å². The summed E-state index contributed by atoms with van der Waals surface area (Å²) in [4.78, 5) is 16.9. The molecule has 2 saturated heterocycles. The minimum Gasteiger partial charge on any atom is -0.396 e. The Kier molecular flexibility index (Phi) is 5.75. The molecule has 1 amide bonds. The lowest BCUT2D eigenvalue weighted by Crippen LogP contribution is -2.50. The predicted octanol–water partition coefficient (Wildman–Crippen LogP) is -1.23. The average Bonchev–Trinajstić information content (AvgIpc) is 3.00. The van der Waals surface area contributed by atoms with Gasteiger partial charge in [0.25, 0.3) is 0 Å². The van der Waals surface area contributed by atoms with Crippen LogP contribution in [0.15, 0.2) is 0 Å². The Morgan fingerprint density at radius 1 is 1.29 bits per heavy atom. The Morgan fingerprint density at radius 3 is 2.71 bits per heavy atom. The molecule has 3 heterocycles. The normalized spacial score (nSPS) is 25.8. The van der Waals surface area contributed by atoms with E-state index in [9.17, 15) is 9.90 Å². The van der Waals surface area contributed by atoms with Crippen molar-refractivity contribution in [1.82, 2.24) is 30.0 Å². The number of aliphatic hydroxyl groups is 1. The van der Waals surface area contributed by atoms with E-state index in [1.54, 1.807) is 6.92 Å². The number of carbonyl (C=O) groups is 1. The van der Waals surface area contributed by atoms with Gasteiger partial charge in [0.15, 0.2) is 0 Å². The van der Waals surface area contributed by atoms with Crippen molar-refractivity contribution in [2.45, 2.75) is 19.9 Å². The highest BCUT2D eigenvalue weighted by molar-refractivity contribution is 5.76. The maximum atomic E-state index is 12.6. The predicted molar refractivity (Wildman–Crippen MR) is 85.1 cm³/mol. The number of hydrogen-bond donors (Lipinski definition) is 1. The third-order valence-electron chi connectivity index (χ3n) is 4.85. The summed E-state index contributed by atoms with van der Waals surface area (Å²) in [6, 6.07) is 0. The van der Waals surface area contributed by atoms with Crippen molar-refractivity contribution in [3.8, 4) is 0 Å². The number of morpholine rings is 1. The number of aliphatic hydroxyl groups excluding tert-OH is 1. The molecule has 2 aliphatic rings. The van der Waals surface area contributed by atoms with Crippen LogP contribution in [0.1, 0.15) is 12.2 Å². The first-order valence-electron chi connectivity index (χ1n) is 8.57. The van der Waals surface area contributed by atoms with E-state index in [1.807, 2.05) is 4.90 Å². The summed E-state index contributed by atoms with van der Waals surface area (Å²) >= 11 is 0. The number of amides is 1. The Balaban J connectivity index is 1.59. The van der Waals surface area contributed by atoms with Gasteiger partial charge in [-0.15, -0.1) is 5.10 Å². The Morgan fingerprint density at radius 2 is 2.04 bits per heavy atom. The second-order valence-electron chi connectivity index (χ2n) is 6.75. The number of piperidine rings is 1. The van der Waals surface area contributed by atoms with Crippen LogP contribution in [0, 0.1) is 18.8 Å². The number of likely N-dealkylation sites (tertiary alicyclic amines) is 1. The molecule has 3 rings (SSSR count). The van der Waals surface area contributed by atoms with Crippen molar-refractivity contribution < 1.29 is 14.6 Å². The van der Waals surface area contributed by atoms with E-state index < -0.39 is 0 Å². The van der Waals surface area contributed by atoms with Crippen LogP contribution in [0.3, 0.4) is 0 Å². The van der Waals surface area contributed by atoms with Crippen molar-refractivity contribution in [2.24, 2.45) is 11.8 Å². The maximum Gasteiger partial charge on any atom is 0.244 e. The van der Waals surface area contributed by atoms with Gasteiger partial charge in [-0.2, -0.15) is 0 Å². The second-order valence-corrected chi connectivity index (χ2v) is 6.75. The SMILES string of the molecule is Cc1nnnn1CC(=O)N1C[C@H](CO)C[C@H](CN2CCOCC2)C1. The van der Waals surface area contributed by atoms with Crippen LogP contribution in [-0.2, 0) is 16.1 Å². The molecule has 2 atom stereocenters. The fourth-order valence-corrected chi connectivity index (χ4v) is 3.56. The van der Waals surface area contributed by atoms with E-state index in [-0.39, 0.29) is 25.0 Å². The van der Waals surface area contributed by atoms with Crippen molar-refractivity contribution in [1.29, 1.82) is 0 Å². The first-order chi connectivity index (χ1) is 11.7. The van der Waals surface area contributed by atoms with Gasteiger partial charge in [0.2, 0.25) is 5.91 Å². The lowest BCUT2D eigenvalue weighted by Gasteiger charge is -2.40. The number of aryl methyl sites for hydroxylation is 1. The maximum absolute atomic E-state index is 12.6. The molecule has 1 N–H and O–H groups in total. The monoisotopic (exact) mass is 338 g/mol. The summed E-state index contributed by atoms with van der Waals surface area (Å²) in [5.74, 6) is 1.16. The summed E-state index contributed by atoms with van der Waals surface area (Å²) < 4.78 is 6.91. The lowest BCUT2D eigenvalue weighted by atomic mass is 9.89. The Bertz CT molecular complexity index is 545. The molecule has 2 aliphatic heterocycles. The molecule has 1 aromatic rings. The first kappa shape index (κ1) is 17.2. The molecule has 9 nitrogen and oxygen atoms in total. The van der Waals surface area contributed by atoms with E-state index in [4.69, 9.17) is 4.74 Å². The van der Waals surface area contributed by atoms with Crippen LogP contribution in [0.5, 0.6) is 0 Å². The molecule has 0 aromatic carbocycles. The lowest BCUT2D eigenvalue weighted by molar-refractivity contribution is -0.135. The molecule has 134 valence electrons. The van der Waals surface area contributed by atoms with E-state index in [2.05, 4.69) is 20.4 Å². The van der Waals surface area contributed by atoms with Crippen LogP contribution in [0.4, 0.5) is 0 Å². The number of ether oxygens (including phenoxy) is 1. The molecular weight excluding hydrogens is 312 g/mol. The van der Waals surface area contributed by atoms with Crippen LogP contribution < -0.4 is 0 Å². The topological polar surface area (TPSA) is 96.6 Å². The zero-order chi connectivity index (χ0) is 16.9. The van der Waals surface area contributed by atoms with Gasteiger partial charge in [-0.25, -0.2) is 4.68 Å². The van der Waals surface area contributed by atoms with Crippen molar-refractivity contribution in [3.05, 3.63) is 5.82 Å². The van der Waals surface area contributed by atoms with E-state index in [0.29, 0.717) is 18.3 Å². The molecular formula is C15H26N6O3. The highest BCUT2D eigenvalue weighted by Crippen LogP contribution is 2.23. The van der Waals surface area contributed by atoms with Gasteiger partial charge in [-0.3, -0.25) is 9.69 Å². The number of nitrogens with zero attached hydrogens (tertiary/aromatic N) is 6. The zero-order valence-corrected chi connectivity index (χ0v) is 14.2. The summed E-state index contributed by atoms with van der Waals surface area (Å²) in [6.45, 7) is 7.78. The van der Waals surface area contributed by atoms with Gasteiger partial charge in [0.1, 0.15) is 12.4 Å². The minimum atomic E-state index is 0.00975. The quantitative estimate of drug-likeness (QED) is 0.718. The Hall–Kier alpha value is -1.58. The second kappa shape index (κ2) is 8.00. The standard InChI is InChI=1S/C15H26N6O3/c1-12-16-17-18-21(12)10-15(23)20-8-13(6-14(9-20)11-22)7-19-2-4-24-5-3-19/h13-14,22H,2-11H2,1H3/t13-,14-/m1/s1. The van der Waals surface area contributed by atoms with E-state index in [0.717, 1.165) is 45.8 Å². The third kappa shape index (κ3) is 4.28. The summed E-state index contributed by atoms with van der Waals surface area (Å²) in [7, 11) is 0. The largest absolute Gasteiger partial charge is 0.396 e. The molecule has 0 unspecified atom stereocenters. The summed E-state index contributed by atoms with van der Waals surface area (Å²) in [5.41, 5.74) is 0. The molecule has 0 bridgehead atoms. The van der Waals surface area contributed by atoms with Crippen LogP contribution in [0.2, 0.25) is 0 Å². The highest BCUT2D eigenvalue weighted by Gasteiger charge is 2.31. The fourth-order valence-electron chi connectivity index (χ4n) is 3.56. The van der Waals surface area contributed by atoms with Gasteiger partial charge in [0, 0.05) is 39.3 Å². The van der Waals surface area contributed by atoms with Gasteiger partial charge >= 0.3 is 0 Å². The van der Waals surface area contributed by atoms with Crippen molar-refractivity contribution in [3.63, 3.8) is 0 Å². The average molecular weight is 338 g/mol. The fraction of sp³-hybridized carbons (Fsp3) is 0.867. The smallest absolute Gasteiger partial charge is 0.244 e. The molecule has 1 aromatic heterocycles. The third-order valence-corrected chi connectivity index (χ3v) is 4.85. The number of tetrazole rings is 1. The minimum absolute atomic E-state index is 0.00975. The number of carbonyl (C=O) groups excluding carboxylic acids is 1. The van der Waals surface area contributed by atoms with Crippen LogP contribution >= 0.6 is 0 Å². The summed E-state index contributed by atoms with van der Waals surface area (Å²) in [6.07, 6.45) is 0.960. The van der Waals surface area contributed by atoms with Gasteiger partial charge in [0.05, 0.1) is 13.2 Å². The van der Waals surface area contributed by atoms with Gasteiger partial charge < -0.3 is 14.7 Å². The van der Waals surface area contributed by atoms with Gasteiger partial charge in [-0.05, 0) is 35.6 Å². The highest BCUT2D eigenvalue weighted by atomic mass is 16.5. The number of rotatable bonds is 5. The molecule has 24 heavy (non-hydrogen) atoms. The molecule has 9 heteroatoms. The molecule has 2 fully saturated rings. The number of aromatic nitrogens is 4. The summed E-state index contributed by atoms with van der Waals surface area (Å²) in [5, 5.41) is 20.8. The number of hydrogen-bond acceptors (Lipinski definition) is 7. The van der Waals surface area contributed by atoms with Gasteiger partial charge in [-0.1, -0.05) is 0 Å². The zero-order valence-electron chi connectivity index (χ0n) is 14.2. The molecule has 0 saturated carbocycles. The molecule has 0 spiro atoms. The first-order valence-corrected chi connectivity index (χ1v) is 8.57.